The van der Waals surface area contributed by atoms with Crippen LogP contribution in [0.25, 0.3) is 11.0 Å². The summed E-state index contributed by atoms with van der Waals surface area (Å²) in [6, 6.07) is 9.06. The number of amides is 1. The van der Waals surface area contributed by atoms with Crippen LogP contribution in [0, 0.1) is 0 Å². The van der Waals surface area contributed by atoms with Crippen LogP contribution in [-0.4, -0.2) is 26.6 Å². The Morgan fingerprint density at radius 2 is 1.79 bits per heavy atom. The van der Waals surface area contributed by atoms with Crippen molar-refractivity contribution in [3.8, 4) is 5.75 Å². The first kappa shape index (κ1) is 19.3. The van der Waals surface area contributed by atoms with Gasteiger partial charge in [0.2, 0.25) is 0 Å². The molecule has 0 saturated carbocycles. The zero-order valence-corrected chi connectivity index (χ0v) is 16.2. The molecule has 3 aromatic rings. The number of hydrogen-bond donors (Lipinski definition) is 1. The molecule has 2 aromatic heterocycles. The smallest absolute Gasteiger partial charge is 0.332 e. The Kier molecular flexibility index (Phi) is 5.30. The van der Waals surface area contributed by atoms with Crippen molar-refractivity contribution in [3.63, 3.8) is 0 Å². The third kappa shape index (κ3) is 3.66. The highest BCUT2D eigenvalue weighted by Gasteiger charge is 2.15. The van der Waals surface area contributed by atoms with Gasteiger partial charge in [-0.15, -0.1) is 0 Å². The van der Waals surface area contributed by atoms with Gasteiger partial charge in [0.15, 0.2) is 12.3 Å². The first-order chi connectivity index (χ1) is 13.3. The van der Waals surface area contributed by atoms with Gasteiger partial charge in [-0.1, -0.05) is 26.0 Å². The fourth-order valence-electron chi connectivity index (χ4n) is 2.87. The number of nitrogens with one attached hydrogen (secondary N) is 1. The number of rotatable bonds is 5. The molecule has 146 valence electrons. The second kappa shape index (κ2) is 7.67. The lowest BCUT2D eigenvalue weighted by atomic mass is 10.0. The highest BCUT2D eigenvalue weighted by atomic mass is 16.5. The average Bonchev–Trinajstić information content (AvgIpc) is 2.69. The van der Waals surface area contributed by atoms with Gasteiger partial charge in [0, 0.05) is 20.3 Å². The zero-order chi connectivity index (χ0) is 20.4. The van der Waals surface area contributed by atoms with Gasteiger partial charge in [-0.2, -0.15) is 0 Å². The molecule has 0 atom stereocenters. The summed E-state index contributed by atoms with van der Waals surface area (Å²) in [5.41, 5.74) is 0.663. The Hall–Kier alpha value is -3.42. The minimum atomic E-state index is -0.522. The molecule has 0 radical (unpaired) electrons. The zero-order valence-electron chi connectivity index (χ0n) is 16.2. The predicted molar refractivity (Wildman–Crippen MR) is 107 cm³/mol. The molecule has 8 nitrogen and oxygen atoms in total. The minimum Gasteiger partial charge on any atom is -0.484 e. The summed E-state index contributed by atoms with van der Waals surface area (Å²) >= 11 is 0. The lowest BCUT2D eigenvalue weighted by Gasteiger charge is -2.12. The number of pyridine rings is 1. The first-order valence-corrected chi connectivity index (χ1v) is 8.87. The minimum absolute atomic E-state index is 0.168. The maximum atomic E-state index is 12.5. The average molecular weight is 382 g/mol. The summed E-state index contributed by atoms with van der Waals surface area (Å²) in [6.45, 7) is 3.99. The second-order valence-corrected chi connectivity index (χ2v) is 6.82. The van der Waals surface area contributed by atoms with Gasteiger partial charge in [0.05, 0.1) is 5.69 Å². The predicted octanol–water partition coefficient (Wildman–Crippen LogP) is 1.77. The number of aromatic nitrogens is 3. The van der Waals surface area contributed by atoms with Gasteiger partial charge >= 0.3 is 5.69 Å². The fraction of sp³-hybridized carbons (Fsp3) is 0.300. The Labute approximate surface area is 161 Å². The van der Waals surface area contributed by atoms with E-state index in [-0.39, 0.29) is 23.3 Å². The van der Waals surface area contributed by atoms with Crippen LogP contribution in [0.5, 0.6) is 5.75 Å². The van der Waals surface area contributed by atoms with E-state index >= 15 is 0 Å². The van der Waals surface area contributed by atoms with Crippen molar-refractivity contribution in [2.75, 3.05) is 11.9 Å². The molecule has 28 heavy (non-hydrogen) atoms. The van der Waals surface area contributed by atoms with E-state index in [1.807, 2.05) is 24.3 Å². The molecule has 0 spiro atoms. The van der Waals surface area contributed by atoms with Crippen LogP contribution < -0.4 is 21.3 Å². The Bertz CT molecular complexity index is 1140. The molecule has 8 heteroatoms. The molecule has 1 aromatic carbocycles. The quantitative estimate of drug-likeness (QED) is 0.726. The van der Waals surface area contributed by atoms with E-state index in [1.165, 1.54) is 36.5 Å². The third-order valence-electron chi connectivity index (χ3n) is 4.53. The van der Waals surface area contributed by atoms with Crippen LogP contribution >= 0.6 is 0 Å². The van der Waals surface area contributed by atoms with E-state index in [9.17, 15) is 14.4 Å². The SMILES string of the molecule is CC(C)c1ccc(OCC(=O)Nc2ccnc3c2c(=O)n(C)c(=O)n3C)cc1. The van der Waals surface area contributed by atoms with Crippen LogP contribution in [0.2, 0.25) is 0 Å². The highest BCUT2D eigenvalue weighted by molar-refractivity contribution is 6.00. The van der Waals surface area contributed by atoms with Crippen molar-refractivity contribution >= 4 is 22.6 Å². The highest BCUT2D eigenvalue weighted by Crippen LogP contribution is 2.19. The molecule has 0 saturated heterocycles. The number of carbonyl (C=O) groups excluding carboxylic acids is 1. The molecule has 1 N–H and O–H groups in total. The van der Waals surface area contributed by atoms with Crippen molar-refractivity contribution < 1.29 is 9.53 Å². The van der Waals surface area contributed by atoms with Crippen LogP contribution in [0.4, 0.5) is 5.69 Å². The van der Waals surface area contributed by atoms with Gasteiger partial charge in [-0.25, -0.2) is 9.78 Å². The van der Waals surface area contributed by atoms with Gasteiger partial charge in [-0.3, -0.25) is 18.7 Å². The van der Waals surface area contributed by atoms with E-state index in [0.717, 1.165) is 4.57 Å². The largest absolute Gasteiger partial charge is 0.484 e. The monoisotopic (exact) mass is 382 g/mol. The maximum absolute atomic E-state index is 12.5. The molecule has 0 unspecified atom stereocenters. The summed E-state index contributed by atoms with van der Waals surface area (Å²) in [5.74, 6) is 0.574. The lowest BCUT2D eigenvalue weighted by molar-refractivity contribution is -0.118. The number of nitrogens with zero attached hydrogens (tertiary/aromatic N) is 3. The van der Waals surface area contributed by atoms with Crippen molar-refractivity contribution in [2.45, 2.75) is 19.8 Å². The molecule has 3 rings (SSSR count). The summed E-state index contributed by atoms with van der Waals surface area (Å²) in [7, 11) is 2.90. The standard InChI is InChI=1S/C20H22N4O4/c1-12(2)13-5-7-14(8-6-13)28-11-16(25)22-15-9-10-21-18-17(15)19(26)24(4)20(27)23(18)3/h5-10,12H,11H2,1-4H3,(H,21,22,25). The number of carbonyl (C=O) groups is 1. The maximum Gasteiger partial charge on any atom is 0.332 e. The molecular weight excluding hydrogens is 360 g/mol. The lowest BCUT2D eigenvalue weighted by Crippen LogP contribution is -2.37. The molecule has 1 amide bonds. The molecule has 0 aliphatic heterocycles. The van der Waals surface area contributed by atoms with Crippen molar-refractivity contribution in [1.82, 2.24) is 14.1 Å². The van der Waals surface area contributed by atoms with Crippen molar-refractivity contribution in [1.29, 1.82) is 0 Å². The first-order valence-electron chi connectivity index (χ1n) is 8.87. The fourth-order valence-corrected chi connectivity index (χ4v) is 2.87. The van der Waals surface area contributed by atoms with Crippen molar-refractivity contribution in [2.24, 2.45) is 14.1 Å². The third-order valence-corrected chi connectivity index (χ3v) is 4.53. The number of anilines is 1. The van der Waals surface area contributed by atoms with Crippen molar-refractivity contribution in [3.05, 3.63) is 62.9 Å². The van der Waals surface area contributed by atoms with E-state index in [4.69, 9.17) is 4.74 Å². The van der Waals surface area contributed by atoms with Gasteiger partial charge in [-0.05, 0) is 29.7 Å². The second-order valence-electron chi connectivity index (χ2n) is 6.82. The van der Waals surface area contributed by atoms with E-state index in [0.29, 0.717) is 11.7 Å². The van der Waals surface area contributed by atoms with Gasteiger partial charge < -0.3 is 10.1 Å². The Morgan fingerprint density at radius 3 is 2.43 bits per heavy atom. The number of ether oxygens (including phenoxy) is 1. The molecule has 0 bridgehead atoms. The van der Waals surface area contributed by atoms with E-state index < -0.39 is 17.2 Å². The van der Waals surface area contributed by atoms with Gasteiger partial charge in [0.1, 0.15) is 11.1 Å². The van der Waals surface area contributed by atoms with E-state index in [2.05, 4.69) is 24.1 Å². The molecule has 0 fully saturated rings. The van der Waals surface area contributed by atoms with Gasteiger partial charge in [0.25, 0.3) is 11.5 Å². The summed E-state index contributed by atoms with van der Waals surface area (Å²) in [5, 5.41) is 2.84. The van der Waals surface area contributed by atoms with E-state index in [1.54, 1.807) is 0 Å². The van der Waals surface area contributed by atoms with Crippen LogP contribution in [-0.2, 0) is 18.9 Å². The molecular formula is C20H22N4O4. The number of fused-ring (bicyclic) bond motifs is 1. The normalized spacial score (nSPS) is 11.0. The summed E-state index contributed by atoms with van der Waals surface area (Å²) in [6.07, 6.45) is 1.43. The summed E-state index contributed by atoms with van der Waals surface area (Å²) in [4.78, 5) is 41.0. The Balaban J connectivity index is 1.80. The van der Waals surface area contributed by atoms with Crippen LogP contribution in [0.15, 0.2) is 46.1 Å². The number of hydrogen-bond acceptors (Lipinski definition) is 5. The van der Waals surface area contributed by atoms with Crippen LogP contribution in [0.3, 0.4) is 0 Å². The summed E-state index contributed by atoms with van der Waals surface area (Å²) < 4.78 is 7.76. The molecule has 2 heterocycles. The molecule has 0 aliphatic carbocycles. The Morgan fingerprint density at radius 1 is 1.11 bits per heavy atom. The topological polar surface area (TPSA) is 95.2 Å². The van der Waals surface area contributed by atoms with Crippen LogP contribution in [0.1, 0.15) is 25.3 Å². The number of benzene rings is 1. The number of aryl methyl sites for hydroxylation is 1. The molecule has 0 aliphatic rings.